The Morgan fingerprint density at radius 3 is 2.78 bits per heavy atom. The first kappa shape index (κ1) is 13.0. The zero-order chi connectivity index (χ0) is 13.1. The largest absolute Gasteiger partial charge is 0.496 e. The predicted octanol–water partition coefficient (Wildman–Crippen LogP) is 2.87. The van der Waals surface area contributed by atoms with Gasteiger partial charge in [0.25, 0.3) is 5.91 Å². The highest BCUT2D eigenvalue weighted by atomic mass is 79.9. The highest BCUT2D eigenvalue weighted by molar-refractivity contribution is 9.10. The predicted molar refractivity (Wildman–Crippen MR) is 73.3 cm³/mol. The molecular weight excluding hydrogens is 318 g/mol. The molecule has 0 fully saturated rings. The van der Waals surface area contributed by atoms with Gasteiger partial charge < -0.3 is 4.74 Å². The summed E-state index contributed by atoms with van der Waals surface area (Å²) in [5, 5.41) is 11.7. The van der Waals surface area contributed by atoms with E-state index >= 15 is 0 Å². The SMILES string of the molecule is COc1ccc(C(=O)Nc2nnc(C)s2)cc1Br. The summed E-state index contributed by atoms with van der Waals surface area (Å²) in [6.07, 6.45) is 0. The van der Waals surface area contributed by atoms with Crippen LogP contribution in [0.3, 0.4) is 0 Å². The molecule has 1 heterocycles. The van der Waals surface area contributed by atoms with Gasteiger partial charge >= 0.3 is 0 Å². The molecule has 1 aromatic carbocycles. The maximum Gasteiger partial charge on any atom is 0.257 e. The highest BCUT2D eigenvalue weighted by Gasteiger charge is 2.11. The number of halogens is 1. The molecule has 0 bridgehead atoms. The molecule has 0 atom stereocenters. The lowest BCUT2D eigenvalue weighted by Gasteiger charge is -2.05. The van der Waals surface area contributed by atoms with Gasteiger partial charge in [-0.25, -0.2) is 0 Å². The number of nitrogens with one attached hydrogen (secondary N) is 1. The zero-order valence-corrected chi connectivity index (χ0v) is 12.1. The molecule has 0 aliphatic carbocycles. The van der Waals surface area contributed by atoms with E-state index in [4.69, 9.17) is 4.74 Å². The fraction of sp³-hybridized carbons (Fsp3) is 0.182. The number of benzene rings is 1. The quantitative estimate of drug-likeness (QED) is 0.941. The van der Waals surface area contributed by atoms with Crippen LogP contribution in [0, 0.1) is 6.92 Å². The van der Waals surface area contributed by atoms with Crippen LogP contribution in [0.4, 0.5) is 5.13 Å². The van der Waals surface area contributed by atoms with Gasteiger partial charge in [0.05, 0.1) is 11.6 Å². The molecule has 18 heavy (non-hydrogen) atoms. The van der Waals surface area contributed by atoms with E-state index in [2.05, 4.69) is 31.4 Å². The molecule has 0 saturated heterocycles. The fourth-order valence-corrected chi connectivity index (χ4v) is 2.45. The Balaban J connectivity index is 2.16. The van der Waals surface area contributed by atoms with Crippen molar-refractivity contribution in [3.8, 4) is 5.75 Å². The number of aromatic nitrogens is 2. The number of carbonyl (C=O) groups excluding carboxylic acids is 1. The minimum absolute atomic E-state index is 0.227. The van der Waals surface area contributed by atoms with Crippen LogP contribution in [-0.4, -0.2) is 23.2 Å². The number of hydrogen-bond acceptors (Lipinski definition) is 5. The third kappa shape index (κ3) is 2.85. The van der Waals surface area contributed by atoms with Crippen molar-refractivity contribution in [2.45, 2.75) is 6.92 Å². The molecule has 1 amide bonds. The first-order valence-corrected chi connectivity index (χ1v) is 6.66. The molecule has 7 heteroatoms. The molecule has 0 unspecified atom stereocenters. The summed E-state index contributed by atoms with van der Waals surface area (Å²) in [4.78, 5) is 11.9. The van der Waals surface area contributed by atoms with E-state index in [1.807, 2.05) is 6.92 Å². The number of amides is 1. The second-order valence-corrected chi connectivity index (χ2v) is 5.47. The van der Waals surface area contributed by atoms with E-state index in [0.29, 0.717) is 16.4 Å². The summed E-state index contributed by atoms with van der Waals surface area (Å²) >= 11 is 4.67. The smallest absolute Gasteiger partial charge is 0.257 e. The summed E-state index contributed by atoms with van der Waals surface area (Å²) in [6.45, 7) is 1.83. The van der Waals surface area contributed by atoms with Gasteiger partial charge in [-0.1, -0.05) is 11.3 Å². The molecule has 2 aromatic rings. The summed E-state index contributed by atoms with van der Waals surface area (Å²) in [6, 6.07) is 5.11. The highest BCUT2D eigenvalue weighted by Crippen LogP contribution is 2.26. The van der Waals surface area contributed by atoms with Crippen LogP contribution in [0.5, 0.6) is 5.75 Å². The van der Waals surface area contributed by atoms with Gasteiger partial charge in [-0.05, 0) is 41.1 Å². The van der Waals surface area contributed by atoms with Crippen molar-refractivity contribution >= 4 is 38.3 Å². The number of aryl methyl sites for hydroxylation is 1. The molecular formula is C11H10BrN3O2S. The maximum absolute atomic E-state index is 11.9. The summed E-state index contributed by atoms with van der Waals surface area (Å²) in [7, 11) is 1.57. The van der Waals surface area contributed by atoms with E-state index in [1.54, 1.807) is 25.3 Å². The van der Waals surface area contributed by atoms with Crippen LogP contribution in [0.2, 0.25) is 0 Å². The van der Waals surface area contributed by atoms with Crippen LogP contribution in [-0.2, 0) is 0 Å². The van der Waals surface area contributed by atoms with Crippen molar-refractivity contribution in [1.29, 1.82) is 0 Å². The van der Waals surface area contributed by atoms with Crippen LogP contribution in [0.25, 0.3) is 0 Å². The monoisotopic (exact) mass is 327 g/mol. The topological polar surface area (TPSA) is 64.1 Å². The van der Waals surface area contributed by atoms with Crippen LogP contribution < -0.4 is 10.1 Å². The van der Waals surface area contributed by atoms with E-state index < -0.39 is 0 Å². The fourth-order valence-electron chi connectivity index (χ4n) is 1.32. The average Bonchev–Trinajstić information content (AvgIpc) is 2.74. The molecule has 1 aromatic heterocycles. The number of anilines is 1. The lowest BCUT2D eigenvalue weighted by Crippen LogP contribution is -2.11. The number of nitrogens with zero attached hydrogens (tertiary/aromatic N) is 2. The minimum atomic E-state index is -0.227. The van der Waals surface area contributed by atoms with Gasteiger partial charge in [-0.3, -0.25) is 10.1 Å². The van der Waals surface area contributed by atoms with Crippen molar-refractivity contribution in [2.75, 3.05) is 12.4 Å². The molecule has 0 spiro atoms. The van der Waals surface area contributed by atoms with Gasteiger partial charge in [0.15, 0.2) is 0 Å². The van der Waals surface area contributed by atoms with E-state index in [9.17, 15) is 4.79 Å². The maximum atomic E-state index is 11.9. The normalized spacial score (nSPS) is 10.2. The lowest BCUT2D eigenvalue weighted by molar-refractivity contribution is 0.102. The average molecular weight is 328 g/mol. The Labute approximate surface area is 116 Å². The summed E-state index contributed by atoms with van der Waals surface area (Å²) < 4.78 is 5.83. The Morgan fingerprint density at radius 1 is 1.44 bits per heavy atom. The molecule has 0 aliphatic rings. The van der Waals surface area contributed by atoms with E-state index in [1.165, 1.54) is 11.3 Å². The molecule has 94 valence electrons. The van der Waals surface area contributed by atoms with Gasteiger partial charge in [0.2, 0.25) is 5.13 Å². The van der Waals surface area contributed by atoms with Gasteiger partial charge in [0.1, 0.15) is 10.8 Å². The van der Waals surface area contributed by atoms with Crippen molar-refractivity contribution in [3.05, 3.63) is 33.2 Å². The van der Waals surface area contributed by atoms with Crippen molar-refractivity contribution in [2.24, 2.45) is 0 Å². The van der Waals surface area contributed by atoms with Crippen molar-refractivity contribution < 1.29 is 9.53 Å². The number of methoxy groups -OCH3 is 1. The van der Waals surface area contributed by atoms with Gasteiger partial charge in [-0.15, -0.1) is 10.2 Å². The second-order valence-electron chi connectivity index (χ2n) is 3.43. The Kier molecular flexibility index (Phi) is 3.93. The standard InChI is InChI=1S/C11H10BrN3O2S/c1-6-14-15-11(18-6)13-10(16)7-3-4-9(17-2)8(12)5-7/h3-5H,1-2H3,(H,13,15,16). The van der Waals surface area contributed by atoms with Crippen LogP contribution >= 0.6 is 27.3 Å². The first-order valence-electron chi connectivity index (χ1n) is 5.05. The number of hydrogen-bond donors (Lipinski definition) is 1. The number of carbonyl (C=O) groups is 1. The molecule has 0 aliphatic heterocycles. The Hall–Kier alpha value is -1.47. The zero-order valence-electron chi connectivity index (χ0n) is 9.73. The Morgan fingerprint density at radius 2 is 2.22 bits per heavy atom. The van der Waals surface area contributed by atoms with Gasteiger partial charge in [0, 0.05) is 5.56 Å². The van der Waals surface area contributed by atoms with Crippen molar-refractivity contribution in [1.82, 2.24) is 10.2 Å². The Bertz CT molecular complexity index is 585. The molecule has 5 nitrogen and oxygen atoms in total. The number of rotatable bonds is 3. The third-order valence-electron chi connectivity index (χ3n) is 2.16. The molecule has 0 saturated carbocycles. The minimum Gasteiger partial charge on any atom is -0.496 e. The first-order chi connectivity index (χ1) is 8.60. The number of ether oxygens (including phenoxy) is 1. The molecule has 0 radical (unpaired) electrons. The summed E-state index contributed by atoms with van der Waals surface area (Å²) in [5.41, 5.74) is 0.524. The van der Waals surface area contributed by atoms with Gasteiger partial charge in [-0.2, -0.15) is 0 Å². The van der Waals surface area contributed by atoms with E-state index in [0.717, 1.165) is 9.48 Å². The van der Waals surface area contributed by atoms with Crippen molar-refractivity contribution in [3.63, 3.8) is 0 Å². The second kappa shape index (κ2) is 5.45. The van der Waals surface area contributed by atoms with Crippen LogP contribution in [0.1, 0.15) is 15.4 Å². The molecule has 1 N–H and O–H groups in total. The lowest BCUT2D eigenvalue weighted by atomic mass is 10.2. The third-order valence-corrected chi connectivity index (χ3v) is 3.53. The molecule has 2 rings (SSSR count). The van der Waals surface area contributed by atoms with E-state index in [-0.39, 0.29) is 5.91 Å². The summed E-state index contributed by atoms with van der Waals surface area (Å²) in [5.74, 6) is 0.452. The van der Waals surface area contributed by atoms with Crippen LogP contribution in [0.15, 0.2) is 22.7 Å².